The van der Waals surface area contributed by atoms with Crippen LogP contribution in [-0.4, -0.2) is 42.8 Å². The number of aliphatic hydroxyl groups excluding tert-OH is 1. The number of carbonyl (C=O) groups is 2. The summed E-state index contributed by atoms with van der Waals surface area (Å²) < 4.78 is 5.12. The number of rotatable bonds is 10. The maximum Gasteiger partial charge on any atom is 0.408 e. The van der Waals surface area contributed by atoms with E-state index in [0.717, 1.165) is 12.0 Å². The van der Waals surface area contributed by atoms with E-state index in [2.05, 4.69) is 10.6 Å². The van der Waals surface area contributed by atoms with Gasteiger partial charge in [-0.2, -0.15) is 0 Å². The zero-order chi connectivity index (χ0) is 16.9. The fourth-order valence-electron chi connectivity index (χ4n) is 1.97. The Kier molecular flexibility index (Phi) is 9.42. The van der Waals surface area contributed by atoms with Gasteiger partial charge in [0.1, 0.15) is 12.6 Å². The van der Waals surface area contributed by atoms with Gasteiger partial charge in [0.05, 0.1) is 6.61 Å². The molecule has 0 spiro atoms. The molecule has 0 saturated carbocycles. The van der Waals surface area contributed by atoms with Crippen LogP contribution in [0.25, 0.3) is 0 Å². The molecule has 1 aromatic rings. The van der Waals surface area contributed by atoms with Gasteiger partial charge in [0.15, 0.2) is 0 Å². The van der Waals surface area contributed by atoms with Crippen LogP contribution in [0.3, 0.4) is 0 Å². The largest absolute Gasteiger partial charge is 0.445 e. The maximum absolute atomic E-state index is 12.0. The summed E-state index contributed by atoms with van der Waals surface area (Å²) in [5.41, 5.74) is 6.31. The molecule has 1 rings (SSSR count). The Balaban J connectivity index is 2.46. The van der Waals surface area contributed by atoms with Gasteiger partial charge in [-0.05, 0) is 31.4 Å². The van der Waals surface area contributed by atoms with E-state index in [1.807, 2.05) is 30.3 Å². The number of alkyl carbamates (subject to hydrolysis) is 1. The molecule has 0 bridgehead atoms. The molecule has 0 aliphatic heterocycles. The van der Waals surface area contributed by atoms with E-state index in [4.69, 9.17) is 15.6 Å². The zero-order valence-electron chi connectivity index (χ0n) is 13.2. The molecule has 5 N–H and O–H groups in total. The van der Waals surface area contributed by atoms with E-state index in [0.29, 0.717) is 19.4 Å². The summed E-state index contributed by atoms with van der Waals surface area (Å²) in [4.78, 5) is 23.8. The smallest absolute Gasteiger partial charge is 0.408 e. The number of nitrogens with one attached hydrogen (secondary N) is 2. The van der Waals surface area contributed by atoms with Crippen LogP contribution >= 0.6 is 0 Å². The molecule has 0 aliphatic carbocycles. The van der Waals surface area contributed by atoms with Gasteiger partial charge in [-0.25, -0.2) is 4.79 Å². The second-order valence-corrected chi connectivity index (χ2v) is 5.06. The number of hydrogen-bond donors (Lipinski definition) is 4. The highest BCUT2D eigenvalue weighted by Crippen LogP contribution is 2.04. The van der Waals surface area contributed by atoms with Crippen LogP contribution in [0.15, 0.2) is 30.3 Å². The molecule has 128 valence electrons. The van der Waals surface area contributed by atoms with Crippen molar-refractivity contribution in [3.05, 3.63) is 35.9 Å². The molecule has 0 aromatic heterocycles. The predicted molar refractivity (Wildman–Crippen MR) is 86.6 cm³/mol. The predicted octanol–water partition coefficient (Wildman–Crippen LogP) is 0.519. The molecular weight excluding hydrogens is 298 g/mol. The van der Waals surface area contributed by atoms with Gasteiger partial charge in [0, 0.05) is 6.54 Å². The van der Waals surface area contributed by atoms with Crippen molar-refractivity contribution in [3.8, 4) is 0 Å². The van der Waals surface area contributed by atoms with Crippen LogP contribution in [0, 0.1) is 0 Å². The SMILES string of the molecule is NCCCCC(NC(=O)OCc1ccccc1)C(=O)NCCO. The molecule has 2 amide bonds. The van der Waals surface area contributed by atoms with Gasteiger partial charge in [0.25, 0.3) is 0 Å². The molecule has 1 atom stereocenters. The minimum Gasteiger partial charge on any atom is -0.445 e. The van der Waals surface area contributed by atoms with E-state index in [1.165, 1.54) is 0 Å². The molecule has 23 heavy (non-hydrogen) atoms. The molecular formula is C16H25N3O4. The Morgan fingerprint density at radius 2 is 1.96 bits per heavy atom. The molecule has 0 fully saturated rings. The first-order valence-corrected chi connectivity index (χ1v) is 7.73. The van der Waals surface area contributed by atoms with Crippen LogP contribution in [-0.2, 0) is 16.1 Å². The molecule has 7 nitrogen and oxygen atoms in total. The van der Waals surface area contributed by atoms with Gasteiger partial charge >= 0.3 is 6.09 Å². The van der Waals surface area contributed by atoms with Crippen molar-refractivity contribution in [2.75, 3.05) is 19.7 Å². The van der Waals surface area contributed by atoms with Crippen molar-refractivity contribution in [2.24, 2.45) is 5.73 Å². The summed E-state index contributed by atoms with van der Waals surface area (Å²) in [7, 11) is 0. The van der Waals surface area contributed by atoms with Gasteiger partial charge in [-0.3, -0.25) is 4.79 Å². The minimum absolute atomic E-state index is 0.139. The third kappa shape index (κ3) is 8.18. The van der Waals surface area contributed by atoms with Crippen LogP contribution in [0.1, 0.15) is 24.8 Å². The number of nitrogens with two attached hydrogens (primary N) is 1. The van der Waals surface area contributed by atoms with Crippen molar-refractivity contribution < 1.29 is 19.4 Å². The van der Waals surface area contributed by atoms with E-state index in [9.17, 15) is 9.59 Å². The van der Waals surface area contributed by atoms with Gasteiger partial charge < -0.3 is 26.2 Å². The standard InChI is InChI=1S/C16H25N3O4/c17-9-5-4-8-14(15(21)18-10-11-20)19-16(22)23-12-13-6-2-1-3-7-13/h1-3,6-7,14,20H,4-5,8-12,17H2,(H,18,21)(H,19,22). The van der Waals surface area contributed by atoms with Crippen LogP contribution in [0.4, 0.5) is 4.79 Å². The number of unbranched alkanes of at least 4 members (excludes halogenated alkanes) is 1. The topological polar surface area (TPSA) is 114 Å². The third-order valence-corrected chi connectivity index (χ3v) is 3.18. The number of aliphatic hydroxyl groups is 1. The molecule has 7 heteroatoms. The summed E-state index contributed by atoms with van der Waals surface area (Å²) in [6, 6.07) is 8.59. The number of hydrogen-bond acceptors (Lipinski definition) is 5. The Labute approximate surface area is 136 Å². The zero-order valence-corrected chi connectivity index (χ0v) is 13.2. The van der Waals surface area contributed by atoms with Crippen molar-refractivity contribution in [3.63, 3.8) is 0 Å². The van der Waals surface area contributed by atoms with Crippen LogP contribution in [0.5, 0.6) is 0 Å². The average Bonchev–Trinajstić information content (AvgIpc) is 2.58. The van der Waals surface area contributed by atoms with Crippen LogP contribution in [0.2, 0.25) is 0 Å². The lowest BCUT2D eigenvalue weighted by atomic mass is 10.1. The molecule has 0 aliphatic rings. The Hall–Kier alpha value is -2.12. The summed E-state index contributed by atoms with van der Waals surface area (Å²) in [5, 5.41) is 13.9. The average molecular weight is 323 g/mol. The Bertz CT molecular complexity index is 468. The highest BCUT2D eigenvalue weighted by molar-refractivity contribution is 5.85. The van der Waals surface area contributed by atoms with E-state index >= 15 is 0 Å². The summed E-state index contributed by atoms with van der Waals surface area (Å²) in [6.07, 6.45) is 1.30. The first-order valence-electron chi connectivity index (χ1n) is 7.73. The first kappa shape index (κ1) is 18.9. The first-order chi connectivity index (χ1) is 11.2. The van der Waals surface area contributed by atoms with Crippen LogP contribution < -0.4 is 16.4 Å². The number of carbonyl (C=O) groups excluding carboxylic acids is 2. The lowest BCUT2D eigenvalue weighted by Crippen LogP contribution is -2.47. The second-order valence-electron chi connectivity index (χ2n) is 5.06. The lowest BCUT2D eigenvalue weighted by Gasteiger charge is -2.18. The number of benzene rings is 1. The Morgan fingerprint density at radius 1 is 1.22 bits per heavy atom. The van der Waals surface area contributed by atoms with E-state index in [-0.39, 0.29) is 25.7 Å². The molecule has 1 aromatic carbocycles. The van der Waals surface area contributed by atoms with Crippen molar-refractivity contribution in [1.82, 2.24) is 10.6 Å². The quantitative estimate of drug-likeness (QED) is 0.469. The van der Waals surface area contributed by atoms with Crippen molar-refractivity contribution in [1.29, 1.82) is 0 Å². The second kappa shape index (κ2) is 11.4. The lowest BCUT2D eigenvalue weighted by molar-refractivity contribution is -0.123. The third-order valence-electron chi connectivity index (χ3n) is 3.18. The van der Waals surface area contributed by atoms with Gasteiger partial charge in [-0.1, -0.05) is 30.3 Å². The summed E-state index contributed by atoms with van der Waals surface area (Å²) in [6.45, 7) is 0.663. The highest BCUT2D eigenvalue weighted by Gasteiger charge is 2.20. The molecule has 0 saturated heterocycles. The molecule has 0 heterocycles. The van der Waals surface area contributed by atoms with Gasteiger partial charge in [-0.15, -0.1) is 0 Å². The monoisotopic (exact) mass is 323 g/mol. The summed E-state index contributed by atoms with van der Waals surface area (Å²) in [5.74, 6) is -0.340. The fourth-order valence-corrected chi connectivity index (χ4v) is 1.97. The Morgan fingerprint density at radius 3 is 2.61 bits per heavy atom. The number of amides is 2. The van der Waals surface area contributed by atoms with Crippen molar-refractivity contribution in [2.45, 2.75) is 31.9 Å². The summed E-state index contributed by atoms with van der Waals surface area (Å²) >= 11 is 0. The van der Waals surface area contributed by atoms with Gasteiger partial charge in [0.2, 0.25) is 5.91 Å². The molecule has 0 radical (unpaired) electrons. The van der Waals surface area contributed by atoms with Crippen molar-refractivity contribution >= 4 is 12.0 Å². The van der Waals surface area contributed by atoms with E-state index in [1.54, 1.807) is 0 Å². The molecule has 1 unspecified atom stereocenters. The maximum atomic E-state index is 12.0. The normalized spacial score (nSPS) is 11.6. The minimum atomic E-state index is -0.698. The highest BCUT2D eigenvalue weighted by atomic mass is 16.5. The fraction of sp³-hybridized carbons (Fsp3) is 0.500. The van der Waals surface area contributed by atoms with E-state index < -0.39 is 12.1 Å². The number of ether oxygens (including phenoxy) is 1.